The first kappa shape index (κ1) is 14.9. The zero-order chi connectivity index (χ0) is 12.8. The molecule has 1 atom stereocenters. The highest BCUT2D eigenvalue weighted by Crippen LogP contribution is 2.19. The van der Waals surface area contributed by atoms with Gasteiger partial charge in [0.2, 0.25) is 0 Å². The third kappa shape index (κ3) is 4.22. The summed E-state index contributed by atoms with van der Waals surface area (Å²) in [5.74, 6) is 0.107. The Hall–Kier alpha value is -0.140. The Bertz CT molecular complexity index is 367. The molecule has 5 heteroatoms. The summed E-state index contributed by atoms with van der Waals surface area (Å²) in [6.45, 7) is 5.40. The molecule has 0 saturated heterocycles. The summed E-state index contributed by atoms with van der Waals surface area (Å²) in [5, 5.41) is 1.92. The standard InChI is InChI=1S/C12H18INO2S/c1-4-9(2)14(5-6-16-3)12(15)10-7-11(13)17-8-10/h7-9H,4-6H2,1-3H3. The number of hydrogen-bond donors (Lipinski definition) is 0. The van der Waals surface area contributed by atoms with E-state index in [4.69, 9.17) is 4.74 Å². The minimum absolute atomic E-state index is 0.107. The fourth-order valence-corrected chi connectivity index (χ4v) is 2.84. The van der Waals surface area contributed by atoms with Gasteiger partial charge in [0.05, 0.1) is 15.1 Å². The Morgan fingerprint density at radius 2 is 2.35 bits per heavy atom. The van der Waals surface area contributed by atoms with E-state index in [-0.39, 0.29) is 11.9 Å². The van der Waals surface area contributed by atoms with Crippen LogP contribution in [0.25, 0.3) is 0 Å². The van der Waals surface area contributed by atoms with Crippen molar-refractivity contribution in [1.82, 2.24) is 4.90 Å². The largest absolute Gasteiger partial charge is 0.383 e. The second-order valence-electron chi connectivity index (χ2n) is 3.89. The molecule has 0 bridgehead atoms. The normalized spacial score (nSPS) is 12.5. The fourth-order valence-electron chi connectivity index (χ4n) is 1.52. The van der Waals surface area contributed by atoms with Crippen LogP contribution in [0.2, 0.25) is 0 Å². The first-order valence-corrected chi connectivity index (χ1v) is 7.60. The van der Waals surface area contributed by atoms with Crippen molar-refractivity contribution >= 4 is 39.8 Å². The zero-order valence-electron chi connectivity index (χ0n) is 10.4. The smallest absolute Gasteiger partial charge is 0.255 e. The molecule has 0 aliphatic heterocycles. The molecule has 1 aromatic heterocycles. The maximum absolute atomic E-state index is 12.3. The molecule has 0 N–H and O–H groups in total. The predicted molar refractivity (Wildman–Crippen MR) is 79.7 cm³/mol. The van der Waals surface area contributed by atoms with Crippen LogP contribution in [0.15, 0.2) is 11.4 Å². The van der Waals surface area contributed by atoms with Crippen LogP contribution in [0.4, 0.5) is 0 Å². The Morgan fingerprint density at radius 3 is 2.82 bits per heavy atom. The van der Waals surface area contributed by atoms with Crippen LogP contribution in [0.3, 0.4) is 0 Å². The molecule has 0 aromatic carbocycles. The van der Waals surface area contributed by atoms with Crippen LogP contribution in [0, 0.1) is 2.88 Å². The van der Waals surface area contributed by atoms with Gasteiger partial charge < -0.3 is 9.64 Å². The van der Waals surface area contributed by atoms with E-state index in [9.17, 15) is 4.79 Å². The van der Waals surface area contributed by atoms with Crippen LogP contribution in [-0.4, -0.2) is 37.1 Å². The average Bonchev–Trinajstić information content (AvgIpc) is 2.75. The van der Waals surface area contributed by atoms with Gasteiger partial charge in [0.15, 0.2) is 0 Å². The van der Waals surface area contributed by atoms with Crippen LogP contribution < -0.4 is 0 Å². The summed E-state index contributed by atoms with van der Waals surface area (Å²) in [6, 6.07) is 2.19. The Morgan fingerprint density at radius 1 is 1.65 bits per heavy atom. The van der Waals surface area contributed by atoms with E-state index in [1.54, 1.807) is 18.4 Å². The molecule has 1 aromatic rings. The van der Waals surface area contributed by atoms with Gasteiger partial charge in [-0.15, -0.1) is 11.3 Å². The maximum atomic E-state index is 12.3. The Balaban J connectivity index is 2.78. The Labute approximate surface area is 120 Å². The van der Waals surface area contributed by atoms with Gasteiger partial charge in [-0.25, -0.2) is 0 Å². The Kier molecular flexibility index (Phi) is 6.43. The second kappa shape index (κ2) is 7.33. The molecule has 0 aliphatic rings. The lowest BCUT2D eigenvalue weighted by molar-refractivity contribution is 0.0614. The summed E-state index contributed by atoms with van der Waals surface area (Å²) in [4.78, 5) is 14.2. The molecule has 96 valence electrons. The minimum Gasteiger partial charge on any atom is -0.383 e. The van der Waals surface area contributed by atoms with E-state index >= 15 is 0 Å². The van der Waals surface area contributed by atoms with Crippen molar-refractivity contribution in [3.8, 4) is 0 Å². The van der Waals surface area contributed by atoms with Gasteiger partial charge in [0, 0.05) is 25.1 Å². The maximum Gasteiger partial charge on any atom is 0.255 e. The first-order valence-electron chi connectivity index (χ1n) is 5.64. The number of carbonyl (C=O) groups excluding carboxylic acids is 1. The SMILES string of the molecule is CCC(C)N(CCOC)C(=O)c1csc(I)c1. The second-order valence-corrected chi connectivity index (χ2v) is 6.69. The number of methoxy groups -OCH3 is 1. The molecule has 0 radical (unpaired) electrons. The average molecular weight is 367 g/mol. The van der Waals surface area contributed by atoms with Crippen molar-refractivity contribution in [2.45, 2.75) is 26.3 Å². The van der Waals surface area contributed by atoms with E-state index in [0.29, 0.717) is 13.2 Å². The molecular formula is C12H18INO2S. The van der Waals surface area contributed by atoms with Crippen molar-refractivity contribution in [2.75, 3.05) is 20.3 Å². The van der Waals surface area contributed by atoms with Gasteiger partial charge >= 0.3 is 0 Å². The lowest BCUT2D eigenvalue weighted by atomic mass is 10.2. The van der Waals surface area contributed by atoms with Crippen molar-refractivity contribution in [3.05, 3.63) is 19.9 Å². The molecule has 1 heterocycles. The summed E-state index contributed by atoms with van der Waals surface area (Å²) >= 11 is 3.84. The summed E-state index contributed by atoms with van der Waals surface area (Å²) in [5.41, 5.74) is 0.788. The number of nitrogens with zero attached hydrogens (tertiary/aromatic N) is 1. The van der Waals surface area contributed by atoms with E-state index in [1.165, 1.54) is 0 Å². The van der Waals surface area contributed by atoms with Crippen molar-refractivity contribution in [1.29, 1.82) is 0 Å². The van der Waals surface area contributed by atoms with Gasteiger partial charge in [-0.2, -0.15) is 0 Å². The van der Waals surface area contributed by atoms with Crippen LogP contribution in [-0.2, 0) is 4.74 Å². The molecule has 1 unspecified atom stereocenters. The molecule has 1 amide bonds. The van der Waals surface area contributed by atoms with E-state index < -0.39 is 0 Å². The van der Waals surface area contributed by atoms with E-state index in [0.717, 1.165) is 14.9 Å². The fraction of sp³-hybridized carbons (Fsp3) is 0.583. The summed E-state index contributed by atoms with van der Waals surface area (Å²) in [6.07, 6.45) is 0.955. The lowest BCUT2D eigenvalue weighted by Gasteiger charge is -2.28. The van der Waals surface area contributed by atoms with Crippen molar-refractivity contribution in [2.24, 2.45) is 0 Å². The number of hydrogen-bond acceptors (Lipinski definition) is 3. The number of carbonyl (C=O) groups is 1. The van der Waals surface area contributed by atoms with Gasteiger partial charge in [-0.3, -0.25) is 4.79 Å². The number of rotatable bonds is 6. The van der Waals surface area contributed by atoms with Crippen LogP contribution >= 0.6 is 33.9 Å². The highest BCUT2D eigenvalue weighted by atomic mass is 127. The van der Waals surface area contributed by atoms with Crippen molar-refractivity contribution in [3.63, 3.8) is 0 Å². The first-order chi connectivity index (χ1) is 8.10. The van der Waals surface area contributed by atoms with Gasteiger partial charge in [-0.1, -0.05) is 6.92 Å². The monoisotopic (exact) mass is 367 g/mol. The number of halogens is 1. The highest BCUT2D eigenvalue weighted by molar-refractivity contribution is 14.1. The number of thiophene rings is 1. The molecular weight excluding hydrogens is 349 g/mol. The van der Waals surface area contributed by atoms with Crippen LogP contribution in [0.5, 0.6) is 0 Å². The predicted octanol–water partition coefficient (Wildman–Crippen LogP) is 3.24. The minimum atomic E-state index is 0.107. The third-order valence-corrected chi connectivity index (χ3v) is 4.52. The molecule has 17 heavy (non-hydrogen) atoms. The number of ether oxygens (including phenoxy) is 1. The van der Waals surface area contributed by atoms with Gasteiger partial charge in [0.25, 0.3) is 5.91 Å². The van der Waals surface area contributed by atoms with Gasteiger partial charge in [0.1, 0.15) is 0 Å². The molecule has 0 aliphatic carbocycles. The van der Waals surface area contributed by atoms with E-state index in [2.05, 4.69) is 36.4 Å². The quantitative estimate of drug-likeness (QED) is 0.723. The molecule has 0 fully saturated rings. The lowest BCUT2D eigenvalue weighted by Crippen LogP contribution is -2.40. The summed E-state index contributed by atoms with van der Waals surface area (Å²) in [7, 11) is 1.66. The zero-order valence-corrected chi connectivity index (χ0v) is 13.4. The van der Waals surface area contributed by atoms with E-state index in [1.807, 2.05) is 16.3 Å². The molecule has 0 saturated carbocycles. The van der Waals surface area contributed by atoms with Crippen LogP contribution in [0.1, 0.15) is 30.6 Å². The molecule has 3 nitrogen and oxygen atoms in total. The molecule has 0 spiro atoms. The molecule has 1 rings (SSSR count). The topological polar surface area (TPSA) is 29.5 Å². The van der Waals surface area contributed by atoms with Gasteiger partial charge in [-0.05, 0) is 42.0 Å². The third-order valence-electron chi connectivity index (χ3n) is 2.73. The summed E-state index contributed by atoms with van der Waals surface area (Å²) < 4.78 is 6.21. The highest BCUT2D eigenvalue weighted by Gasteiger charge is 2.20. The number of amides is 1. The van der Waals surface area contributed by atoms with Crippen molar-refractivity contribution < 1.29 is 9.53 Å².